The molecule has 0 saturated heterocycles. The third-order valence-corrected chi connectivity index (χ3v) is 6.57. The summed E-state index contributed by atoms with van der Waals surface area (Å²) in [5, 5.41) is 0.585. The number of benzene rings is 3. The number of nitrogens with zero attached hydrogens (tertiary/aromatic N) is 2. The quantitative estimate of drug-likeness (QED) is 0.489. The van der Waals surface area contributed by atoms with E-state index in [1.165, 1.54) is 10.5 Å². The molecule has 2 amide bonds. The molecule has 2 aliphatic rings. The van der Waals surface area contributed by atoms with Gasteiger partial charge in [-0.15, -0.1) is 0 Å². The molecule has 0 spiro atoms. The van der Waals surface area contributed by atoms with Crippen molar-refractivity contribution in [1.29, 1.82) is 0 Å². The van der Waals surface area contributed by atoms with Crippen LogP contribution in [0.15, 0.2) is 72.4 Å². The van der Waals surface area contributed by atoms with Gasteiger partial charge < -0.3 is 4.90 Å². The summed E-state index contributed by atoms with van der Waals surface area (Å²) >= 11 is 6.10. The SMILES string of the molecule is Cc1ccc(N2C(=O)C(c3ccc(Cl)cc3)=C(N3CCCc4ccccc43)C2=O)cc1C. The highest BCUT2D eigenvalue weighted by atomic mass is 35.5. The number of halogens is 1. The van der Waals surface area contributed by atoms with Crippen LogP contribution < -0.4 is 9.80 Å². The van der Waals surface area contributed by atoms with E-state index in [4.69, 9.17) is 11.6 Å². The zero-order valence-electron chi connectivity index (χ0n) is 18.1. The Morgan fingerprint density at radius 1 is 0.844 bits per heavy atom. The van der Waals surface area contributed by atoms with E-state index in [9.17, 15) is 9.59 Å². The second-order valence-corrected chi connectivity index (χ2v) is 8.77. The number of hydrogen-bond donors (Lipinski definition) is 0. The summed E-state index contributed by atoms with van der Waals surface area (Å²) in [6.07, 6.45) is 1.87. The maximum atomic E-state index is 13.9. The van der Waals surface area contributed by atoms with Gasteiger partial charge in [-0.1, -0.05) is 48.0 Å². The molecule has 0 fully saturated rings. The molecule has 160 valence electrons. The van der Waals surface area contributed by atoms with Crippen molar-refractivity contribution in [1.82, 2.24) is 0 Å². The lowest BCUT2D eigenvalue weighted by Gasteiger charge is -2.32. The van der Waals surface area contributed by atoms with Gasteiger partial charge in [0, 0.05) is 17.3 Å². The standard InChI is InChI=1S/C27H23ClN2O2/c1-17-9-14-22(16-18(17)2)30-26(31)24(20-10-12-21(28)13-11-20)25(27(30)32)29-15-5-7-19-6-3-4-8-23(19)29/h3-4,6,8-14,16H,5,7,15H2,1-2H3. The molecule has 0 saturated carbocycles. The molecule has 0 aromatic heterocycles. The fourth-order valence-corrected chi connectivity index (χ4v) is 4.64. The first-order valence-electron chi connectivity index (χ1n) is 10.8. The van der Waals surface area contributed by atoms with Gasteiger partial charge in [-0.3, -0.25) is 9.59 Å². The largest absolute Gasteiger partial charge is 0.336 e. The predicted molar refractivity (Wildman–Crippen MR) is 129 cm³/mol. The van der Waals surface area contributed by atoms with E-state index in [2.05, 4.69) is 6.07 Å². The molecule has 0 unspecified atom stereocenters. The minimum atomic E-state index is -0.307. The molecule has 0 atom stereocenters. The molecule has 32 heavy (non-hydrogen) atoms. The molecule has 3 aromatic rings. The summed E-state index contributed by atoms with van der Waals surface area (Å²) in [5.41, 5.74) is 6.46. The molecule has 5 rings (SSSR count). The molecule has 2 aliphatic heterocycles. The monoisotopic (exact) mass is 442 g/mol. The van der Waals surface area contributed by atoms with E-state index in [-0.39, 0.29) is 11.8 Å². The zero-order chi connectivity index (χ0) is 22.4. The maximum Gasteiger partial charge on any atom is 0.282 e. The van der Waals surface area contributed by atoms with Crippen LogP contribution in [0, 0.1) is 13.8 Å². The molecule has 4 nitrogen and oxygen atoms in total. The van der Waals surface area contributed by atoms with Gasteiger partial charge in [-0.05, 0) is 79.3 Å². The summed E-state index contributed by atoms with van der Waals surface area (Å²) in [7, 11) is 0. The average molecular weight is 443 g/mol. The Balaban J connectivity index is 1.70. The molecule has 0 bridgehead atoms. The van der Waals surface area contributed by atoms with Crippen molar-refractivity contribution in [3.05, 3.63) is 99.7 Å². The molecule has 0 radical (unpaired) electrons. The highest BCUT2D eigenvalue weighted by Crippen LogP contribution is 2.39. The van der Waals surface area contributed by atoms with Crippen LogP contribution in [0.25, 0.3) is 5.57 Å². The van der Waals surface area contributed by atoms with Gasteiger partial charge in [0.05, 0.1) is 11.3 Å². The lowest BCUT2D eigenvalue weighted by molar-refractivity contribution is -0.120. The predicted octanol–water partition coefficient (Wildman–Crippen LogP) is 5.69. The van der Waals surface area contributed by atoms with Crippen LogP contribution >= 0.6 is 11.6 Å². The number of amides is 2. The number of carbonyl (C=O) groups is 2. The van der Waals surface area contributed by atoms with E-state index >= 15 is 0 Å². The number of imide groups is 1. The van der Waals surface area contributed by atoms with Crippen molar-refractivity contribution in [3.63, 3.8) is 0 Å². The number of para-hydroxylation sites is 1. The highest BCUT2D eigenvalue weighted by molar-refractivity contribution is 6.46. The highest BCUT2D eigenvalue weighted by Gasteiger charge is 2.43. The van der Waals surface area contributed by atoms with Crippen molar-refractivity contribution < 1.29 is 9.59 Å². The number of rotatable bonds is 3. The topological polar surface area (TPSA) is 40.6 Å². The van der Waals surface area contributed by atoms with Crippen LogP contribution in [-0.2, 0) is 16.0 Å². The van der Waals surface area contributed by atoms with Gasteiger partial charge in [0.2, 0.25) is 0 Å². The Bertz CT molecular complexity index is 1280. The van der Waals surface area contributed by atoms with Gasteiger partial charge in [0.1, 0.15) is 5.70 Å². The van der Waals surface area contributed by atoms with Crippen molar-refractivity contribution in [2.75, 3.05) is 16.3 Å². The first-order valence-corrected chi connectivity index (χ1v) is 11.1. The normalized spacial score (nSPS) is 16.1. The van der Waals surface area contributed by atoms with E-state index in [0.29, 0.717) is 34.1 Å². The fourth-order valence-electron chi connectivity index (χ4n) is 4.51. The van der Waals surface area contributed by atoms with E-state index in [1.807, 2.05) is 67.3 Å². The van der Waals surface area contributed by atoms with Crippen molar-refractivity contribution >= 4 is 40.4 Å². The van der Waals surface area contributed by atoms with Crippen LogP contribution in [0.5, 0.6) is 0 Å². The summed E-state index contributed by atoms with van der Waals surface area (Å²) in [4.78, 5) is 30.9. The third-order valence-electron chi connectivity index (χ3n) is 6.32. The molecule has 2 heterocycles. The second kappa shape index (κ2) is 7.95. The number of anilines is 2. The summed E-state index contributed by atoms with van der Waals surface area (Å²) in [6, 6.07) is 20.9. The number of aryl methyl sites for hydroxylation is 3. The van der Waals surface area contributed by atoms with Gasteiger partial charge >= 0.3 is 0 Å². The molecule has 3 aromatic carbocycles. The lowest BCUT2D eigenvalue weighted by Crippen LogP contribution is -2.37. The molecule has 0 N–H and O–H groups in total. The van der Waals surface area contributed by atoms with Crippen LogP contribution in [-0.4, -0.2) is 18.4 Å². The maximum absolute atomic E-state index is 13.9. The minimum Gasteiger partial charge on any atom is -0.336 e. The Hall–Kier alpha value is -3.37. The fraction of sp³-hybridized carbons (Fsp3) is 0.185. The van der Waals surface area contributed by atoms with E-state index < -0.39 is 0 Å². The molecular formula is C27H23ClN2O2. The van der Waals surface area contributed by atoms with Gasteiger partial charge in [0.15, 0.2) is 0 Å². The second-order valence-electron chi connectivity index (χ2n) is 8.33. The van der Waals surface area contributed by atoms with Crippen LogP contribution in [0.1, 0.15) is 28.7 Å². The third kappa shape index (κ3) is 3.32. The number of fused-ring (bicyclic) bond motifs is 1. The van der Waals surface area contributed by atoms with Crippen molar-refractivity contribution in [2.45, 2.75) is 26.7 Å². The van der Waals surface area contributed by atoms with Crippen LogP contribution in [0.2, 0.25) is 5.02 Å². The van der Waals surface area contributed by atoms with Crippen LogP contribution in [0.4, 0.5) is 11.4 Å². The van der Waals surface area contributed by atoms with Crippen LogP contribution in [0.3, 0.4) is 0 Å². The van der Waals surface area contributed by atoms with Crippen molar-refractivity contribution in [3.8, 4) is 0 Å². The molecular weight excluding hydrogens is 420 g/mol. The van der Waals surface area contributed by atoms with Gasteiger partial charge in [-0.25, -0.2) is 4.90 Å². The smallest absolute Gasteiger partial charge is 0.282 e. The summed E-state index contributed by atoms with van der Waals surface area (Å²) in [6.45, 7) is 4.68. The number of carbonyl (C=O) groups excluding carboxylic acids is 2. The Morgan fingerprint density at radius 2 is 1.59 bits per heavy atom. The zero-order valence-corrected chi connectivity index (χ0v) is 18.8. The van der Waals surface area contributed by atoms with Gasteiger partial charge in [0.25, 0.3) is 11.8 Å². The number of hydrogen-bond acceptors (Lipinski definition) is 3. The Labute approximate surface area is 192 Å². The molecule has 5 heteroatoms. The first kappa shape index (κ1) is 20.5. The summed E-state index contributed by atoms with van der Waals surface area (Å²) < 4.78 is 0. The minimum absolute atomic E-state index is 0.292. The van der Waals surface area contributed by atoms with E-state index in [0.717, 1.165) is 29.7 Å². The summed E-state index contributed by atoms with van der Waals surface area (Å²) in [5.74, 6) is -0.599. The Kier molecular flexibility index (Phi) is 5.10. The average Bonchev–Trinajstić information content (AvgIpc) is 3.06. The van der Waals surface area contributed by atoms with E-state index in [1.54, 1.807) is 12.1 Å². The molecule has 0 aliphatic carbocycles. The van der Waals surface area contributed by atoms with Gasteiger partial charge in [-0.2, -0.15) is 0 Å². The lowest BCUT2D eigenvalue weighted by atomic mass is 9.98. The Morgan fingerprint density at radius 3 is 2.34 bits per heavy atom. The first-order chi connectivity index (χ1) is 15.5. The van der Waals surface area contributed by atoms with Crippen molar-refractivity contribution in [2.24, 2.45) is 0 Å².